The zero-order valence-electron chi connectivity index (χ0n) is 19.2. The number of carbonyl (C=O) groups is 1. The van der Waals surface area contributed by atoms with Gasteiger partial charge in [-0.1, -0.05) is 0 Å². The van der Waals surface area contributed by atoms with Gasteiger partial charge < -0.3 is 0 Å². The number of rotatable bonds is 12. The van der Waals surface area contributed by atoms with E-state index < -0.39 is 18.4 Å². The predicted octanol–water partition coefficient (Wildman–Crippen LogP) is 6.53. The molecule has 1 aliphatic rings. The third-order valence-electron chi connectivity index (χ3n) is 6.47. The van der Waals surface area contributed by atoms with Crippen LogP contribution in [-0.2, 0) is 14.3 Å². The third-order valence-corrected chi connectivity index (χ3v) is 22.3. The fourth-order valence-electron chi connectivity index (χ4n) is 4.91. The molecule has 0 saturated carbocycles. The van der Waals surface area contributed by atoms with Crippen molar-refractivity contribution in [3.05, 3.63) is 29.8 Å². The molecule has 4 heteroatoms. The van der Waals surface area contributed by atoms with Crippen molar-refractivity contribution in [1.82, 2.24) is 0 Å². The van der Waals surface area contributed by atoms with E-state index in [0.29, 0.717) is 6.61 Å². The molecule has 0 spiro atoms. The van der Waals surface area contributed by atoms with Gasteiger partial charge in [0.2, 0.25) is 0 Å². The first-order valence-electron chi connectivity index (χ1n) is 11.9. The van der Waals surface area contributed by atoms with Crippen LogP contribution >= 0.6 is 0 Å². The Labute approximate surface area is 182 Å². The van der Waals surface area contributed by atoms with Gasteiger partial charge in [-0.3, -0.25) is 0 Å². The van der Waals surface area contributed by atoms with Crippen LogP contribution in [0.5, 0.6) is 0 Å². The van der Waals surface area contributed by atoms with Gasteiger partial charge >= 0.3 is 183 Å². The molecular weight excluding hydrogens is 467 g/mol. The Morgan fingerprint density at radius 3 is 2.17 bits per heavy atom. The maximum absolute atomic E-state index is 11.5. The zero-order chi connectivity index (χ0) is 21.1. The predicted molar refractivity (Wildman–Crippen MR) is 124 cm³/mol. The first-order valence-corrected chi connectivity index (χ1v) is 19.4. The van der Waals surface area contributed by atoms with Crippen molar-refractivity contribution in [3.8, 4) is 0 Å². The van der Waals surface area contributed by atoms with Crippen LogP contribution in [0, 0.1) is 0 Å². The van der Waals surface area contributed by atoms with E-state index >= 15 is 0 Å². The van der Waals surface area contributed by atoms with Crippen molar-refractivity contribution in [2.24, 2.45) is 0 Å². The van der Waals surface area contributed by atoms with Crippen LogP contribution in [0.4, 0.5) is 0 Å². The van der Waals surface area contributed by atoms with Crippen molar-refractivity contribution in [3.63, 3.8) is 0 Å². The fraction of sp³-hybridized carbons (Fsp3) is 0.720. The Kier molecular flexibility index (Phi) is 11.1. The topological polar surface area (TPSA) is 35.5 Å². The Morgan fingerprint density at radius 2 is 1.62 bits per heavy atom. The van der Waals surface area contributed by atoms with Crippen LogP contribution in [0.25, 0.3) is 0 Å². The van der Waals surface area contributed by atoms with Crippen LogP contribution in [-0.4, -0.2) is 37.1 Å². The molecule has 1 aromatic carbocycles. The van der Waals surface area contributed by atoms with Crippen LogP contribution in [0.1, 0.15) is 90.7 Å². The Hall–Kier alpha value is -0.551. The van der Waals surface area contributed by atoms with E-state index in [0.717, 1.165) is 12.8 Å². The summed E-state index contributed by atoms with van der Waals surface area (Å²) in [6.45, 7) is 9.18. The summed E-state index contributed by atoms with van der Waals surface area (Å²) in [5, 5.41) is 0. The van der Waals surface area contributed by atoms with Crippen molar-refractivity contribution in [2.75, 3.05) is 6.61 Å². The molecule has 0 unspecified atom stereocenters. The number of hydrogen-bond donors (Lipinski definition) is 0. The molecule has 1 aromatic rings. The van der Waals surface area contributed by atoms with Gasteiger partial charge in [0.05, 0.1) is 0 Å². The molecule has 2 rings (SSSR count). The number of esters is 1. The average molecular weight is 509 g/mol. The molecule has 1 fully saturated rings. The van der Waals surface area contributed by atoms with Gasteiger partial charge in [0, 0.05) is 0 Å². The molecule has 1 heterocycles. The van der Waals surface area contributed by atoms with Crippen LogP contribution in [0.3, 0.4) is 0 Å². The van der Waals surface area contributed by atoms with Gasteiger partial charge in [0.25, 0.3) is 0 Å². The van der Waals surface area contributed by atoms with Gasteiger partial charge in [-0.25, -0.2) is 0 Å². The first kappa shape index (κ1) is 24.7. The molecule has 0 aromatic heterocycles. The summed E-state index contributed by atoms with van der Waals surface area (Å²) in [6.07, 6.45) is 9.62. The van der Waals surface area contributed by atoms with Crippen molar-refractivity contribution in [1.29, 1.82) is 0 Å². The van der Waals surface area contributed by atoms with E-state index in [1.54, 1.807) is 3.58 Å². The molecule has 164 valence electrons. The molecule has 0 bridgehead atoms. The first-order chi connectivity index (χ1) is 14.1. The molecule has 0 amide bonds. The fourth-order valence-corrected chi connectivity index (χ4v) is 21.9. The number of unbranched alkanes of at least 4 members (excludes halogenated alkanes) is 3. The standard InChI is InChI=1S/C13H15O3.3C4H9.Sn/c1-10(14)16-12-7-8-15-13(9-12)11-5-3-2-4-6-11;3*1-3-4-2;/h2-5,12-13H,7-9H2,1H3;3*1,3-4H2,2H3;/t12-,13-;;;;/m1..../s1. The second-order valence-corrected chi connectivity index (χ2v) is 21.9. The number of carbonyl (C=O) groups excluding carboxylic acids is 1. The molecular formula is C25H42O3Sn. The van der Waals surface area contributed by atoms with E-state index in [1.807, 2.05) is 0 Å². The quantitative estimate of drug-likeness (QED) is 0.238. The summed E-state index contributed by atoms with van der Waals surface area (Å²) in [4.78, 5) is 11.5. The van der Waals surface area contributed by atoms with Crippen molar-refractivity contribution < 1.29 is 14.3 Å². The summed E-state index contributed by atoms with van der Waals surface area (Å²) >= 11 is -2.55. The molecule has 0 aliphatic carbocycles. The molecule has 29 heavy (non-hydrogen) atoms. The monoisotopic (exact) mass is 510 g/mol. The molecule has 3 nitrogen and oxygen atoms in total. The summed E-state index contributed by atoms with van der Waals surface area (Å²) in [5.74, 6) is -0.175. The van der Waals surface area contributed by atoms with Crippen molar-refractivity contribution >= 4 is 27.9 Å². The van der Waals surface area contributed by atoms with Crippen LogP contribution in [0.15, 0.2) is 24.3 Å². The summed E-state index contributed by atoms with van der Waals surface area (Å²) in [6, 6.07) is 9.19. The van der Waals surface area contributed by atoms with Gasteiger partial charge in [-0.15, -0.1) is 0 Å². The molecule has 1 saturated heterocycles. The summed E-state index contributed by atoms with van der Waals surface area (Å²) < 4.78 is 17.9. The third kappa shape index (κ3) is 7.27. The zero-order valence-corrected chi connectivity index (χ0v) is 22.0. The average Bonchev–Trinajstić information content (AvgIpc) is 2.73. The van der Waals surface area contributed by atoms with E-state index in [1.165, 1.54) is 64.3 Å². The van der Waals surface area contributed by atoms with E-state index in [4.69, 9.17) is 9.47 Å². The molecule has 0 N–H and O–H groups in total. The summed E-state index contributed by atoms with van der Waals surface area (Å²) in [5.41, 5.74) is 1.42. The Bertz CT molecular complexity index is 594. The van der Waals surface area contributed by atoms with Gasteiger partial charge in [0.15, 0.2) is 0 Å². The van der Waals surface area contributed by atoms with E-state index in [9.17, 15) is 4.79 Å². The van der Waals surface area contributed by atoms with Crippen LogP contribution in [0.2, 0.25) is 13.3 Å². The van der Waals surface area contributed by atoms with Crippen LogP contribution < -0.4 is 3.58 Å². The number of ether oxygens (including phenoxy) is 2. The second kappa shape index (κ2) is 13.0. The number of benzene rings is 1. The number of hydrogen-bond acceptors (Lipinski definition) is 3. The molecule has 0 radical (unpaired) electrons. The van der Waals surface area contributed by atoms with Crippen molar-refractivity contribution in [2.45, 2.75) is 105 Å². The molecule has 1 aliphatic heterocycles. The van der Waals surface area contributed by atoms with E-state index in [2.05, 4.69) is 45.0 Å². The van der Waals surface area contributed by atoms with Gasteiger partial charge in [0.1, 0.15) is 0 Å². The summed E-state index contributed by atoms with van der Waals surface area (Å²) in [7, 11) is 0. The minimum atomic E-state index is -2.55. The maximum atomic E-state index is 11.5. The Balaban J connectivity index is 2.38. The van der Waals surface area contributed by atoms with Gasteiger partial charge in [-0.05, 0) is 0 Å². The Morgan fingerprint density at radius 1 is 1.03 bits per heavy atom. The second-order valence-electron chi connectivity index (χ2n) is 8.79. The minimum absolute atomic E-state index is 0.00849. The SMILES string of the molecule is CCC[CH2][Sn]([CH2]CCC)([CH2]CCC)[c]1ccccc1[C@H]1C[C@H](OC(C)=O)CCO1. The molecule has 2 atom stereocenters. The normalized spacial score (nSPS) is 19.9. The van der Waals surface area contributed by atoms with E-state index in [-0.39, 0.29) is 18.2 Å². The van der Waals surface area contributed by atoms with Gasteiger partial charge in [-0.2, -0.15) is 0 Å².